The maximum Gasteiger partial charge on any atom is 0.276 e. The Bertz CT molecular complexity index is 1150. The van der Waals surface area contributed by atoms with E-state index in [1.165, 1.54) is 10.7 Å². The van der Waals surface area contributed by atoms with Crippen LogP contribution in [0.1, 0.15) is 49.5 Å². The Morgan fingerprint density at radius 2 is 1.81 bits per heavy atom. The lowest BCUT2D eigenvalue weighted by molar-refractivity contribution is 0.102. The van der Waals surface area contributed by atoms with Crippen LogP contribution in [0.15, 0.2) is 47.3 Å². The van der Waals surface area contributed by atoms with Crippen molar-refractivity contribution in [2.75, 3.05) is 23.3 Å². The maximum atomic E-state index is 14.7. The Balaban J connectivity index is 1.73. The molecule has 4 rings (SSSR count). The van der Waals surface area contributed by atoms with Crippen LogP contribution in [-0.2, 0) is 6.54 Å². The molecular formula is C24H27FN4O2. The summed E-state index contributed by atoms with van der Waals surface area (Å²) < 4.78 is 16.1. The van der Waals surface area contributed by atoms with Gasteiger partial charge in [-0.1, -0.05) is 44.0 Å². The number of aromatic nitrogens is 2. The van der Waals surface area contributed by atoms with Crippen molar-refractivity contribution in [3.63, 3.8) is 0 Å². The summed E-state index contributed by atoms with van der Waals surface area (Å²) in [5.41, 5.74) is 0.740. The maximum absolute atomic E-state index is 14.7. The predicted octanol–water partition coefficient (Wildman–Crippen LogP) is 4.58. The third-order valence-corrected chi connectivity index (χ3v) is 5.73. The molecule has 162 valence electrons. The molecule has 6 nitrogen and oxygen atoms in total. The molecule has 0 spiro atoms. The second-order valence-electron chi connectivity index (χ2n) is 7.91. The number of carbonyl (C=O) groups is 1. The summed E-state index contributed by atoms with van der Waals surface area (Å²) in [4.78, 5) is 28.2. The second-order valence-corrected chi connectivity index (χ2v) is 7.91. The third-order valence-electron chi connectivity index (χ3n) is 5.73. The van der Waals surface area contributed by atoms with Gasteiger partial charge in [0.2, 0.25) is 0 Å². The number of nitrogens with zero attached hydrogens (tertiary/aromatic N) is 3. The van der Waals surface area contributed by atoms with Crippen molar-refractivity contribution in [3.8, 4) is 0 Å². The van der Waals surface area contributed by atoms with E-state index in [1.807, 2.05) is 6.07 Å². The Labute approximate surface area is 180 Å². The van der Waals surface area contributed by atoms with E-state index in [9.17, 15) is 14.0 Å². The zero-order valence-corrected chi connectivity index (χ0v) is 17.7. The van der Waals surface area contributed by atoms with Gasteiger partial charge in [0.15, 0.2) is 5.69 Å². The molecule has 1 aliphatic rings. The molecule has 7 heteroatoms. The van der Waals surface area contributed by atoms with Gasteiger partial charge in [-0.2, -0.15) is 5.10 Å². The van der Waals surface area contributed by atoms with Crippen LogP contribution in [0.3, 0.4) is 0 Å². The molecule has 2 aromatic carbocycles. The lowest BCUT2D eigenvalue weighted by Gasteiger charge is -2.22. The quantitative estimate of drug-likeness (QED) is 0.566. The van der Waals surface area contributed by atoms with Crippen molar-refractivity contribution in [2.24, 2.45) is 0 Å². The molecule has 1 N–H and O–H groups in total. The summed E-state index contributed by atoms with van der Waals surface area (Å²) in [6.07, 6.45) is 4.87. The minimum Gasteiger partial charge on any atom is -0.370 e. The van der Waals surface area contributed by atoms with E-state index in [1.54, 1.807) is 30.3 Å². The first-order valence-electron chi connectivity index (χ1n) is 10.9. The van der Waals surface area contributed by atoms with E-state index >= 15 is 0 Å². The zero-order chi connectivity index (χ0) is 21.8. The summed E-state index contributed by atoms with van der Waals surface area (Å²) in [6.45, 7) is 4.18. The highest BCUT2D eigenvalue weighted by molar-refractivity contribution is 6.12. The summed E-state index contributed by atoms with van der Waals surface area (Å²) >= 11 is 0. The van der Waals surface area contributed by atoms with Crippen molar-refractivity contribution in [1.29, 1.82) is 0 Å². The molecule has 2 heterocycles. The fraction of sp³-hybridized carbons (Fsp3) is 0.375. The number of hydrogen-bond donors (Lipinski definition) is 1. The monoisotopic (exact) mass is 422 g/mol. The van der Waals surface area contributed by atoms with E-state index in [4.69, 9.17) is 0 Å². The molecule has 1 saturated heterocycles. The standard InChI is InChI=1S/C24H27FN4O2/c1-2-3-6-16-29-24(31)18-11-5-4-10-17(18)21(27-29)23(30)26-22-19(25)12-9-13-20(22)28-14-7-8-15-28/h4-5,9-13H,2-3,6-8,14-16H2,1H3,(H,26,30). The number of aryl methyl sites for hydroxylation is 1. The highest BCUT2D eigenvalue weighted by atomic mass is 19.1. The molecule has 0 bridgehead atoms. The van der Waals surface area contributed by atoms with Gasteiger partial charge in [-0.05, 0) is 37.5 Å². The lowest BCUT2D eigenvalue weighted by Crippen LogP contribution is -2.28. The Hall–Kier alpha value is -3.22. The first-order chi connectivity index (χ1) is 15.1. The van der Waals surface area contributed by atoms with Gasteiger partial charge < -0.3 is 10.2 Å². The number of unbranched alkanes of at least 4 members (excludes halogenated alkanes) is 2. The van der Waals surface area contributed by atoms with Gasteiger partial charge in [-0.15, -0.1) is 0 Å². The van der Waals surface area contributed by atoms with Gasteiger partial charge in [0, 0.05) is 25.0 Å². The number of benzene rings is 2. The van der Waals surface area contributed by atoms with Gasteiger partial charge in [-0.3, -0.25) is 9.59 Å². The van der Waals surface area contributed by atoms with Crippen LogP contribution in [0.2, 0.25) is 0 Å². The molecule has 1 aliphatic heterocycles. The predicted molar refractivity (Wildman–Crippen MR) is 121 cm³/mol. The summed E-state index contributed by atoms with van der Waals surface area (Å²) in [6, 6.07) is 11.8. The fourth-order valence-corrected chi connectivity index (χ4v) is 4.10. The number of rotatable bonds is 7. The van der Waals surface area contributed by atoms with Crippen LogP contribution < -0.4 is 15.8 Å². The molecule has 0 atom stereocenters. The van der Waals surface area contributed by atoms with Crippen LogP contribution in [0.4, 0.5) is 15.8 Å². The lowest BCUT2D eigenvalue weighted by atomic mass is 10.1. The molecule has 0 aliphatic carbocycles. The number of para-hydroxylation sites is 1. The SMILES string of the molecule is CCCCCn1nc(C(=O)Nc2c(F)cccc2N2CCCC2)c2ccccc2c1=O. The highest BCUT2D eigenvalue weighted by Crippen LogP contribution is 2.31. The number of anilines is 2. The van der Waals surface area contributed by atoms with E-state index in [2.05, 4.69) is 22.2 Å². The van der Waals surface area contributed by atoms with E-state index in [0.29, 0.717) is 23.0 Å². The Kier molecular flexibility index (Phi) is 6.30. The average Bonchev–Trinajstić information content (AvgIpc) is 3.31. The fourth-order valence-electron chi connectivity index (χ4n) is 4.10. The van der Waals surface area contributed by atoms with Crippen molar-refractivity contribution < 1.29 is 9.18 Å². The zero-order valence-electron chi connectivity index (χ0n) is 17.7. The number of halogens is 1. The summed E-state index contributed by atoms with van der Waals surface area (Å²) in [5.74, 6) is -1.01. The van der Waals surface area contributed by atoms with Crippen molar-refractivity contribution in [2.45, 2.75) is 45.6 Å². The topological polar surface area (TPSA) is 67.2 Å². The van der Waals surface area contributed by atoms with Gasteiger partial charge in [-0.25, -0.2) is 9.07 Å². The average molecular weight is 423 g/mol. The number of nitrogens with one attached hydrogen (secondary N) is 1. The molecular weight excluding hydrogens is 395 g/mol. The van der Waals surface area contributed by atoms with Crippen LogP contribution >= 0.6 is 0 Å². The number of amides is 1. The van der Waals surface area contributed by atoms with E-state index in [0.717, 1.165) is 45.2 Å². The molecule has 31 heavy (non-hydrogen) atoms. The second kappa shape index (κ2) is 9.29. The van der Waals surface area contributed by atoms with Crippen LogP contribution in [0, 0.1) is 5.82 Å². The van der Waals surface area contributed by atoms with Gasteiger partial charge in [0.25, 0.3) is 11.5 Å². The molecule has 3 aromatic rings. The largest absolute Gasteiger partial charge is 0.370 e. The molecule has 0 saturated carbocycles. The van der Waals surface area contributed by atoms with Crippen LogP contribution in [-0.4, -0.2) is 28.8 Å². The molecule has 0 radical (unpaired) electrons. The van der Waals surface area contributed by atoms with Gasteiger partial charge >= 0.3 is 0 Å². The van der Waals surface area contributed by atoms with Crippen LogP contribution in [0.5, 0.6) is 0 Å². The van der Waals surface area contributed by atoms with E-state index < -0.39 is 11.7 Å². The Morgan fingerprint density at radius 3 is 2.55 bits per heavy atom. The first-order valence-corrected chi connectivity index (χ1v) is 10.9. The Morgan fingerprint density at radius 1 is 1.06 bits per heavy atom. The van der Waals surface area contributed by atoms with Crippen molar-refractivity contribution in [3.05, 3.63) is 64.3 Å². The third kappa shape index (κ3) is 4.31. The summed E-state index contributed by atoms with van der Waals surface area (Å²) in [5, 5.41) is 8.03. The van der Waals surface area contributed by atoms with Crippen molar-refractivity contribution >= 4 is 28.1 Å². The smallest absolute Gasteiger partial charge is 0.276 e. The minimum atomic E-state index is -0.522. The number of carbonyl (C=O) groups excluding carboxylic acids is 1. The normalized spacial score (nSPS) is 13.7. The van der Waals surface area contributed by atoms with Crippen molar-refractivity contribution in [1.82, 2.24) is 9.78 Å². The molecule has 1 amide bonds. The van der Waals surface area contributed by atoms with E-state index in [-0.39, 0.29) is 16.9 Å². The van der Waals surface area contributed by atoms with Crippen LogP contribution in [0.25, 0.3) is 10.8 Å². The molecule has 1 aromatic heterocycles. The first kappa shape index (κ1) is 21.0. The number of hydrogen-bond acceptors (Lipinski definition) is 4. The van der Waals surface area contributed by atoms with Gasteiger partial charge in [0.05, 0.1) is 11.1 Å². The highest BCUT2D eigenvalue weighted by Gasteiger charge is 2.22. The summed E-state index contributed by atoms with van der Waals surface area (Å²) in [7, 11) is 0. The van der Waals surface area contributed by atoms with Gasteiger partial charge in [0.1, 0.15) is 11.5 Å². The minimum absolute atomic E-state index is 0.127. The number of fused-ring (bicyclic) bond motifs is 1. The molecule has 1 fully saturated rings. The molecule has 0 unspecified atom stereocenters.